The van der Waals surface area contributed by atoms with E-state index in [1.807, 2.05) is 6.07 Å². The fraction of sp³-hybridized carbons (Fsp3) is 0.208. The Kier molecular flexibility index (Phi) is 5.86. The van der Waals surface area contributed by atoms with E-state index in [1.165, 1.54) is 35.6 Å². The van der Waals surface area contributed by atoms with Crippen LogP contribution in [0.25, 0.3) is 0 Å². The van der Waals surface area contributed by atoms with Crippen LogP contribution in [0.4, 0.5) is 10.7 Å². The van der Waals surface area contributed by atoms with Gasteiger partial charge in [-0.1, -0.05) is 37.3 Å². The van der Waals surface area contributed by atoms with Crippen LogP contribution in [-0.4, -0.2) is 17.8 Å². The van der Waals surface area contributed by atoms with Gasteiger partial charge in [0.2, 0.25) is 0 Å². The van der Waals surface area contributed by atoms with Crippen LogP contribution in [0.5, 0.6) is 0 Å². The second-order valence-electron chi connectivity index (χ2n) is 7.69. The Hall–Kier alpha value is -3.45. The number of carboxylic acids is 1. The second kappa shape index (κ2) is 8.73. The first-order valence-electron chi connectivity index (χ1n) is 10.1. The molecule has 0 bridgehead atoms. The van der Waals surface area contributed by atoms with Crippen molar-refractivity contribution in [3.63, 3.8) is 0 Å². The highest BCUT2D eigenvalue weighted by Crippen LogP contribution is 2.40. The summed E-state index contributed by atoms with van der Waals surface area (Å²) >= 11 is 1.46. The fourth-order valence-corrected chi connectivity index (χ4v) is 5.13. The average molecular weight is 434 g/mol. The van der Waals surface area contributed by atoms with Crippen molar-refractivity contribution in [3.8, 4) is 0 Å². The van der Waals surface area contributed by atoms with Gasteiger partial charge in [-0.15, -0.1) is 11.3 Å². The molecule has 2 N–H and O–H groups in total. The fourth-order valence-electron chi connectivity index (χ4n) is 3.73. The molecular weight excluding hydrogens is 412 g/mol. The number of fused-ring (bicyclic) bond motifs is 1. The molecule has 0 spiro atoms. The first kappa shape index (κ1) is 20.8. The topological polar surface area (TPSA) is 98.3 Å². The number of thiophene rings is 1. The van der Waals surface area contributed by atoms with Crippen LogP contribution < -0.4 is 15.7 Å². The van der Waals surface area contributed by atoms with Crippen molar-refractivity contribution < 1.29 is 19.5 Å². The summed E-state index contributed by atoms with van der Waals surface area (Å²) in [6.07, 6.45) is 2.64. The molecule has 1 heterocycles. The van der Waals surface area contributed by atoms with E-state index in [0.29, 0.717) is 27.7 Å². The number of aromatic carboxylic acids is 1. The summed E-state index contributed by atoms with van der Waals surface area (Å²) < 4.78 is 0. The van der Waals surface area contributed by atoms with Crippen molar-refractivity contribution in [2.24, 2.45) is 5.92 Å². The lowest BCUT2D eigenvalue weighted by molar-refractivity contribution is -0.255. The summed E-state index contributed by atoms with van der Waals surface area (Å²) in [7, 11) is 0. The van der Waals surface area contributed by atoms with E-state index in [0.717, 1.165) is 29.7 Å². The summed E-state index contributed by atoms with van der Waals surface area (Å²) in [5.74, 6) is -1.34. The third kappa shape index (κ3) is 4.51. The van der Waals surface area contributed by atoms with Crippen molar-refractivity contribution in [1.29, 1.82) is 0 Å². The summed E-state index contributed by atoms with van der Waals surface area (Å²) in [6, 6.07) is 14.7. The van der Waals surface area contributed by atoms with Crippen LogP contribution in [0, 0.1) is 5.92 Å². The summed E-state index contributed by atoms with van der Waals surface area (Å²) in [5.41, 5.74) is 2.50. The first-order valence-corrected chi connectivity index (χ1v) is 10.9. The summed E-state index contributed by atoms with van der Waals surface area (Å²) in [6.45, 7) is 2.18. The van der Waals surface area contributed by atoms with Gasteiger partial charge in [0.1, 0.15) is 5.00 Å². The zero-order valence-corrected chi connectivity index (χ0v) is 17.8. The van der Waals surface area contributed by atoms with Crippen LogP contribution >= 0.6 is 11.3 Å². The van der Waals surface area contributed by atoms with Crippen molar-refractivity contribution in [2.45, 2.75) is 26.2 Å². The lowest BCUT2D eigenvalue weighted by Crippen LogP contribution is -2.22. The van der Waals surface area contributed by atoms with Gasteiger partial charge in [-0.05, 0) is 60.6 Å². The normalized spacial score (nSPS) is 15.1. The molecule has 1 unspecified atom stereocenters. The molecule has 4 rings (SSSR count). The minimum atomic E-state index is -1.27. The number of carbonyl (C=O) groups excluding carboxylic acids is 3. The molecule has 1 atom stereocenters. The lowest BCUT2D eigenvalue weighted by atomic mass is 9.88. The van der Waals surface area contributed by atoms with E-state index in [1.54, 1.807) is 24.3 Å². The third-order valence-electron chi connectivity index (χ3n) is 5.38. The predicted octanol–water partition coefficient (Wildman–Crippen LogP) is 3.74. The Morgan fingerprint density at radius 1 is 0.935 bits per heavy atom. The van der Waals surface area contributed by atoms with E-state index in [2.05, 4.69) is 17.6 Å². The van der Waals surface area contributed by atoms with Gasteiger partial charge in [0.05, 0.1) is 11.5 Å². The van der Waals surface area contributed by atoms with Crippen LogP contribution in [0.15, 0.2) is 54.6 Å². The number of rotatable bonds is 5. The lowest BCUT2D eigenvalue weighted by Gasteiger charge is -2.18. The molecule has 3 aromatic rings. The molecule has 2 aromatic carbocycles. The molecule has 0 fully saturated rings. The summed E-state index contributed by atoms with van der Waals surface area (Å²) in [5, 5.41) is 17.2. The standard InChI is InChI=1S/C24H22N2O4S/c1-14-7-12-18-19(13-14)31-23(26-21(27)15-5-3-2-4-6-15)20(18)22(28)25-17-10-8-16(9-11-17)24(29)30/h2-6,8-11,14H,7,12-13H2,1H3,(H,25,28)(H,26,27)(H,29,30)/p-1. The smallest absolute Gasteiger partial charge is 0.258 e. The molecule has 0 aliphatic heterocycles. The second-order valence-corrected chi connectivity index (χ2v) is 8.80. The molecule has 1 aliphatic carbocycles. The van der Waals surface area contributed by atoms with Crippen LogP contribution in [0.2, 0.25) is 0 Å². The van der Waals surface area contributed by atoms with Gasteiger partial charge in [-0.2, -0.15) is 0 Å². The van der Waals surface area contributed by atoms with E-state index < -0.39 is 5.97 Å². The monoisotopic (exact) mass is 433 g/mol. The molecule has 6 nitrogen and oxygen atoms in total. The zero-order chi connectivity index (χ0) is 22.0. The minimum Gasteiger partial charge on any atom is -0.545 e. The van der Waals surface area contributed by atoms with E-state index in [4.69, 9.17) is 0 Å². The SMILES string of the molecule is CC1CCc2c(sc(NC(=O)c3ccccc3)c2C(=O)Nc2ccc(C(=O)[O-])cc2)C1. The number of carbonyl (C=O) groups is 3. The van der Waals surface area contributed by atoms with Gasteiger partial charge in [-0.25, -0.2) is 0 Å². The van der Waals surface area contributed by atoms with E-state index in [9.17, 15) is 19.5 Å². The Balaban J connectivity index is 1.64. The molecule has 158 valence electrons. The molecule has 1 aromatic heterocycles. The van der Waals surface area contributed by atoms with Crippen molar-refractivity contribution >= 4 is 39.8 Å². The zero-order valence-electron chi connectivity index (χ0n) is 16.9. The highest BCUT2D eigenvalue weighted by atomic mass is 32.1. The van der Waals surface area contributed by atoms with Crippen LogP contribution in [0.3, 0.4) is 0 Å². The maximum Gasteiger partial charge on any atom is 0.258 e. The van der Waals surface area contributed by atoms with Crippen molar-refractivity contribution in [1.82, 2.24) is 0 Å². The van der Waals surface area contributed by atoms with E-state index >= 15 is 0 Å². The van der Waals surface area contributed by atoms with Crippen molar-refractivity contribution in [3.05, 3.63) is 81.7 Å². The number of carboxylic acid groups (broad SMARTS) is 1. The number of anilines is 2. The van der Waals surface area contributed by atoms with Crippen LogP contribution in [-0.2, 0) is 12.8 Å². The Morgan fingerprint density at radius 2 is 1.65 bits per heavy atom. The minimum absolute atomic E-state index is 0.0377. The molecular formula is C24H21N2O4S-. The largest absolute Gasteiger partial charge is 0.545 e. The molecule has 2 amide bonds. The molecule has 0 radical (unpaired) electrons. The number of nitrogens with one attached hydrogen (secondary N) is 2. The number of amides is 2. The predicted molar refractivity (Wildman–Crippen MR) is 119 cm³/mol. The van der Waals surface area contributed by atoms with Gasteiger partial charge in [-0.3, -0.25) is 9.59 Å². The van der Waals surface area contributed by atoms with Gasteiger partial charge in [0, 0.05) is 16.1 Å². The number of benzene rings is 2. The highest BCUT2D eigenvalue weighted by Gasteiger charge is 2.28. The van der Waals surface area contributed by atoms with Gasteiger partial charge >= 0.3 is 0 Å². The Labute approximate surface area is 183 Å². The van der Waals surface area contributed by atoms with Crippen LogP contribution in [0.1, 0.15) is 54.9 Å². The third-order valence-corrected chi connectivity index (χ3v) is 6.55. The average Bonchev–Trinajstić information content (AvgIpc) is 3.11. The van der Waals surface area contributed by atoms with Gasteiger partial charge in [0.15, 0.2) is 0 Å². The number of hydrogen-bond acceptors (Lipinski definition) is 5. The first-order chi connectivity index (χ1) is 14.9. The Morgan fingerprint density at radius 3 is 2.32 bits per heavy atom. The maximum absolute atomic E-state index is 13.2. The Bertz CT molecular complexity index is 1140. The number of hydrogen-bond donors (Lipinski definition) is 2. The molecule has 31 heavy (non-hydrogen) atoms. The highest BCUT2D eigenvalue weighted by molar-refractivity contribution is 7.17. The maximum atomic E-state index is 13.2. The molecule has 7 heteroatoms. The van der Waals surface area contributed by atoms with Crippen molar-refractivity contribution in [2.75, 3.05) is 10.6 Å². The van der Waals surface area contributed by atoms with E-state index in [-0.39, 0.29) is 17.4 Å². The molecule has 1 aliphatic rings. The molecule has 0 saturated heterocycles. The quantitative estimate of drug-likeness (QED) is 0.640. The van der Waals surface area contributed by atoms with Gasteiger partial charge < -0.3 is 20.5 Å². The summed E-state index contributed by atoms with van der Waals surface area (Å²) in [4.78, 5) is 38.0. The van der Waals surface area contributed by atoms with Gasteiger partial charge in [0.25, 0.3) is 11.8 Å². The molecule has 0 saturated carbocycles.